The number of halogens is 2. The van der Waals surface area contributed by atoms with Gasteiger partial charge in [-0.1, -0.05) is 0 Å². The van der Waals surface area contributed by atoms with Crippen LogP contribution in [-0.4, -0.2) is 22.0 Å². The molecule has 92 valence electrons. The summed E-state index contributed by atoms with van der Waals surface area (Å²) in [6, 6.07) is 3.69. The molecule has 0 atom stereocenters. The fourth-order valence-corrected chi connectivity index (χ4v) is 1.63. The molecule has 17 heavy (non-hydrogen) atoms. The van der Waals surface area contributed by atoms with Crippen LogP contribution in [0.4, 0.5) is 0 Å². The van der Waals surface area contributed by atoms with Crippen LogP contribution in [0.3, 0.4) is 0 Å². The Morgan fingerprint density at radius 3 is 3.00 bits per heavy atom. The first kappa shape index (κ1) is 13.8. The summed E-state index contributed by atoms with van der Waals surface area (Å²) in [6.45, 7) is 2.12. The largest absolute Gasteiger partial charge is 0.461 e. The maximum absolute atomic E-state index is 11.6. The molecule has 2 aromatic rings. The molecule has 0 aliphatic carbocycles. The van der Waals surface area contributed by atoms with Crippen LogP contribution in [0.15, 0.2) is 24.5 Å². The number of hydrogen-bond acceptors (Lipinski definition) is 3. The minimum atomic E-state index is -0.367. The molecule has 2 rings (SSSR count). The molecule has 4 nitrogen and oxygen atoms in total. The minimum absolute atomic E-state index is 0. The van der Waals surface area contributed by atoms with Gasteiger partial charge < -0.3 is 4.74 Å². The molecule has 0 bridgehead atoms. The van der Waals surface area contributed by atoms with Crippen LogP contribution in [0.5, 0.6) is 0 Å². The zero-order valence-electron chi connectivity index (χ0n) is 9.22. The molecule has 0 spiro atoms. The van der Waals surface area contributed by atoms with E-state index in [1.54, 1.807) is 17.5 Å². The number of nitrogens with zero attached hydrogens (tertiary/aromatic N) is 2. The van der Waals surface area contributed by atoms with Crippen LogP contribution in [0.1, 0.15) is 23.0 Å². The van der Waals surface area contributed by atoms with Gasteiger partial charge in [0.25, 0.3) is 0 Å². The van der Waals surface area contributed by atoms with Crippen LogP contribution in [0.2, 0.25) is 0 Å². The van der Waals surface area contributed by atoms with Gasteiger partial charge in [0.05, 0.1) is 12.8 Å². The van der Waals surface area contributed by atoms with E-state index in [1.807, 2.05) is 12.1 Å². The Morgan fingerprint density at radius 1 is 1.59 bits per heavy atom. The number of fused-ring (bicyclic) bond motifs is 1. The van der Waals surface area contributed by atoms with Crippen LogP contribution in [0.25, 0.3) is 5.65 Å². The first-order valence-corrected chi connectivity index (χ1v) is 5.48. The fourth-order valence-electron chi connectivity index (χ4n) is 1.46. The molecule has 0 aromatic carbocycles. The minimum Gasteiger partial charge on any atom is -0.461 e. The summed E-state index contributed by atoms with van der Waals surface area (Å²) >= 11 is 5.72. The van der Waals surface area contributed by atoms with E-state index in [9.17, 15) is 4.79 Å². The summed E-state index contributed by atoms with van der Waals surface area (Å²) in [6.07, 6.45) is 3.28. The lowest BCUT2D eigenvalue weighted by Gasteiger charge is -2.02. The molecule has 2 aromatic heterocycles. The lowest BCUT2D eigenvalue weighted by molar-refractivity contribution is 0.0518. The van der Waals surface area contributed by atoms with Crippen molar-refractivity contribution in [3.05, 3.63) is 35.8 Å². The molecule has 0 fully saturated rings. The first-order chi connectivity index (χ1) is 7.76. The maximum atomic E-state index is 11.6. The van der Waals surface area contributed by atoms with Crippen molar-refractivity contribution in [3.8, 4) is 0 Å². The molecule has 0 aliphatic heterocycles. The van der Waals surface area contributed by atoms with E-state index in [0.29, 0.717) is 23.8 Å². The SMILES string of the molecule is CCOC(=O)c1cnc2cc(CCl)ccn12.Cl. The van der Waals surface area contributed by atoms with Gasteiger partial charge >= 0.3 is 5.97 Å². The summed E-state index contributed by atoms with van der Waals surface area (Å²) < 4.78 is 6.61. The van der Waals surface area contributed by atoms with Crippen LogP contribution < -0.4 is 0 Å². The number of ether oxygens (including phenoxy) is 1. The number of aromatic nitrogens is 2. The second-order valence-corrected chi connectivity index (χ2v) is 3.53. The number of esters is 1. The van der Waals surface area contributed by atoms with Gasteiger partial charge in [-0.05, 0) is 24.6 Å². The average Bonchev–Trinajstić information content (AvgIpc) is 2.71. The number of alkyl halides is 1. The number of hydrogen-bond donors (Lipinski definition) is 0. The van der Waals surface area contributed by atoms with Crippen LogP contribution in [0, 0.1) is 0 Å². The highest BCUT2D eigenvalue weighted by molar-refractivity contribution is 6.17. The summed E-state index contributed by atoms with van der Waals surface area (Å²) in [4.78, 5) is 15.7. The van der Waals surface area contributed by atoms with Crippen molar-refractivity contribution in [3.63, 3.8) is 0 Å². The molecule has 0 aliphatic rings. The number of carbonyl (C=O) groups excluding carboxylic acids is 1. The molecule has 2 heterocycles. The third-order valence-corrected chi connectivity index (χ3v) is 2.53. The van der Waals surface area contributed by atoms with Crippen molar-refractivity contribution in [1.29, 1.82) is 0 Å². The monoisotopic (exact) mass is 274 g/mol. The van der Waals surface area contributed by atoms with E-state index in [0.717, 1.165) is 5.56 Å². The van der Waals surface area contributed by atoms with Gasteiger partial charge in [-0.3, -0.25) is 4.40 Å². The van der Waals surface area contributed by atoms with E-state index in [4.69, 9.17) is 16.3 Å². The Kier molecular flexibility index (Phi) is 4.78. The standard InChI is InChI=1S/C11H11ClN2O2.ClH/c1-2-16-11(15)9-7-13-10-5-8(6-12)3-4-14(9)10;/h3-5,7H,2,6H2,1H3;1H. The topological polar surface area (TPSA) is 43.6 Å². The van der Waals surface area contributed by atoms with Crippen molar-refractivity contribution in [2.45, 2.75) is 12.8 Å². The first-order valence-electron chi connectivity index (χ1n) is 4.95. The van der Waals surface area contributed by atoms with Crippen molar-refractivity contribution in [1.82, 2.24) is 9.38 Å². The van der Waals surface area contributed by atoms with Gasteiger partial charge in [0.15, 0.2) is 5.69 Å². The second-order valence-electron chi connectivity index (χ2n) is 3.26. The number of carbonyl (C=O) groups is 1. The smallest absolute Gasteiger partial charge is 0.356 e. The number of rotatable bonds is 3. The molecule has 0 unspecified atom stereocenters. The zero-order valence-corrected chi connectivity index (χ0v) is 10.8. The summed E-state index contributed by atoms with van der Waals surface area (Å²) in [5.74, 6) is 0.0617. The zero-order chi connectivity index (χ0) is 11.5. The van der Waals surface area contributed by atoms with E-state index < -0.39 is 0 Å². The molecule has 6 heteroatoms. The Balaban J connectivity index is 0.00000144. The third kappa shape index (κ3) is 2.70. The highest BCUT2D eigenvalue weighted by Crippen LogP contribution is 2.12. The summed E-state index contributed by atoms with van der Waals surface area (Å²) in [5.41, 5.74) is 2.09. The van der Waals surface area contributed by atoms with Crippen molar-refractivity contribution in [2.75, 3.05) is 6.61 Å². The molecule has 0 N–H and O–H groups in total. The van der Waals surface area contributed by atoms with Crippen molar-refractivity contribution in [2.24, 2.45) is 0 Å². The van der Waals surface area contributed by atoms with E-state index >= 15 is 0 Å². The summed E-state index contributed by atoms with van der Waals surface area (Å²) in [5, 5.41) is 0. The Labute approximate surface area is 110 Å². The molecular formula is C11H12Cl2N2O2. The maximum Gasteiger partial charge on any atom is 0.356 e. The van der Waals surface area contributed by atoms with Crippen molar-refractivity contribution >= 4 is 35.6 Å². The molecule has 0 saturated heterocycles. The average molecular weight is 275 g/mol. The van der Waals surface area contributed by atoms with E-state index in [-0.39, 0.29) is 18.4 Å². The normalized spacial score (nSPS) is 10.0. The van der Waals surface area contributed by atoms with Crippen LogP contribution >= 0.6 is 24.0 Å². The lowest BCUT2D eigenvalue weighted by Crippen LogP contribution is -2.07. The Morgan fingerprint density at radius 2 is 2.35 bits per heavy atom. The highest BCUT2D eigenvalue weighted by atomic mass is 35.5. The summed E-state index contributed by atoms with van der Waals surface area (Å²) in [7, 11) is 0. The third-order valence-electron chi connectivity index (χ3n) is 2.22. The second kappa shape index (κ2) is 5.89. The van der Waals surface area contributed by atoms with Gasteiger partial charge in [-0.2, -0.15) is 0 Å². The fraction of sp³-hybridized carbons (Fsp3) is 0.273. The van der Waals surface area contributed by atoms with Gasteiger partial charge in [-0.15, -0.1) is 24.0 Å². The van der Waals surface area contributed by atoms with Gasteiger partial charge in [0, 0.05) is 12.1 Å². The Bertz CT molecular complexity index is 525. The predicted octanol–water partition coefficient (Wildman–Crippen LogP) is 2.67. The van der Waals surface area contributed by atoms with E-state index in [1.165, 1.54) is 6.20 Å². The Hall–Kier alpha value is -1.26. The number of pyridine rings is 1. The molecule has 0 amide bonds. The molecule has 0 saturated carbocycles. The van der Waals surface area contributed by atoms with E-state index in [2.05, 4.69) is 4.98 Å². The van der Waals surface area contributed by atoms with Gasteiger partial charge in [-0.25, -0.2) is 9.78 Å². The molecular weight excluding hydrogens is 263 g/mol. The van der Waals surface area contributed by atoms with Gasteiger partial charge in [0.2, 0.25) is 0 Å². The van der Waals surface area contributed by atoms with Crippen molar-refractivity contribution < 1.29 is 9.53 Å². The van der Waals surface area contributed by atoms with Crippen LogP contribution in [-0.2, 0) is 10.6 Å². The quantitative estimate of drug-likeness (QED) is 0.639. The number of imidazole rings is 1. The molecule has 0 radical (unpaired) electrons. The predicted molar refractivity (Wildman–Crippen MR) is 68.0 cm³/mol. The highest BCUT2D eigenvalue weighted by Gasteiger charge is 2.12. The lowest BCUT2D eigenvalue weighted by atomic mass is 10.3. The van der Waals surface area contributed by atoms with Gasteiger partial charge in [0.1, 0.15) is 5.65 Å².